The van der Waals surface area contributed by atoms with E-state index in [1.54, 1.807) is 0 Å². The Bertz CT molecular complexity index is 3160. The van der Waals surface area contributed by atoms with Gasteiger partial charge < -0.3 is 9.32 Å². The van der Waals surface area contributed by atoms with Crippen LogP contribution in [0.25, 0.3) is 85.9 Å². The molecule has 0 radical (unpaired) electrons. The molecule has 2 nitrogen and oxygen atoms in total. The average molecular weight is 694 g/mol. The van der Waals surface area contributed by atoms with Gasteiger partial charge in [0.15, 0.2) is 0 Å². The lowest BCUT2D eigenvalue weighted by Gasteiger charge is -2.28. The zero-order valence-electron chi connectivity index (χ0n) is 28.7. The smallest absolute Gasteiger partial charge is 0.143 e. The summed E-state index contributed by atoms with van der Waals surface area (Å²) in [5.74, 6) is 0. The lowest BCUT2D eigenvalue weighted by atomic mass is 9.92. The van der Waals surface area contributed by atoms with E-state index in [2.05, 4.69) is 193 Å². The van der Waals surface area contributed by atoms with Crippen LogP contribution in [-0.4, -0.2) is 0 Å². The van der Waals surface area contributed by atoms with E-state index in [1.165, 1.54) is 47.5 Å². The van der Waals surface area contributed by atoms with Crippen molar-refractivity contribution < 1.29 is 4.42 Å². The maximum Gasteiger partial charge on any atom is 0.143 e. The lowest BCUT2D eigenvalue weighted by Crippen LogP contribution is -2.11. The van der Waals surface area contributed by atoms with Crippen molar-refractivity contribution in [3.05, 3.63) is 188 Å². The SMILES string of the molecule is c1ccc(-c2c(N(c3ccccc3)c3ccc(-c4ccc5c(c4)sc4ccccc45)cc3)ccc3oc4c5ccccc5c5ccccc5c4c23)cc1. The Labute approximate surface area is 310 Å². The molecular weight excluding hydrogens is 663 g/mol. The van der Waals surface area contributed by atoms with Crippen LogP contribution in [-0.2, 0) is 0 Å². The van der Waals surface area contributed by atoms with Gasteiger partial charge in [-0.05, 0) is 81.4 Å². The number of anilines is 3. The quantitative estimate of drug-likeness (QED) is 0.167. The molecule has 0 fully saturated rings. The minimum atomic E-state index is 0.879. The van der Waals surface area contributed by atoms with Gasteiger partial charge in [0.1, 0.15) is 11.2 Å². The van der Waals surface area contributed by atoms with Crippen LogP contribution in [0.5, 0.6) is 0 Å². The number of hydrogen-bond donors (Lipinski definition) is 0. The van der Waals surface area contributed by atoms with Gasteiger partial charge in [-0.25, -0.2) is 0 Å². The summed E-state index contributed by atoms with van der Waals surface area (Å²) in [6, 6.07) is 67.8. The Morgan fingerprint density at radius 2 is 0.962 bits per heavy atom. The average Bonchev–Trinajstić information content (AvgIpc) is 3.81. The maximum absolute atomic E-state index is 6.88. The third kappa shape index (κ3) is 4.71. The number of furan rings is 1. The van der Waals surface area contributed by atoms with Crippen molar-refractivity contribution >= 4 is 92.1 Å². The number of nitrogens with zero attached hydrogens (tertiary/aromatic N) is 1. The molecule has 0 saturated heterocycles. The first kappa shape index (κ1) is 30.0. The van der Waals surface area contributed by atoms with Crippen LogP contribution in [0.15, 0.2) is 192 Å². The van der Waals surface area contributed by atoms with Gasteiger partial charge in [-0.2, -0.15) is 0 Å². The van der Waals surface area contributed by atoms with E-state index < -0.39 is 0 Å². The van der Waals surface area contributed by atoms with Crippen molar-refractivity contribution in [1.29, 1.82) is 0 Å². The molecule has 0 atom stereocenters. The number of thiophene rings is 1. The molecule has 0 aliphatic carbocycles. The molecule has 0 unspecified atom stereocenters. The molecule has 9 aromatic carbocycles. The Balaban J connectivity index is 1.15. The molecular formula is C50H31NOS. The van der Waals surface area contributed by atoms with Crippen LogP contribution >= 0.6 is 11.3 Å². The molecule has 0 aliphatic heterocycles. The van der Waals surface area contributed by atoms with Crippen LogP contribution in [0.4, 0.5) is 17.1 Å². The van der Waals surface area contributed by atoms with Crippen molar-refractivity contribution in [3.8, 4) is 22.3 Å². The first-order valence-corrected chi connectivity index (χ1v) is 18.8. The van der Waals surface area contributed by atoms with Gasteiger partial charge in [0.25, 0.3) is 0 Å². The predicted molar refractivity (Wildman–Crippen MR) is 227 cm³/mol. The number of fused-ring (bicyclic) bond motifs is 11. The fraction of sp³-hybridized carbons (Fsp3) is 0. The molecule has 0 bridgehead atoms. The van der Waals surface area contributed by atoms with Crippen molar-refractivity contribution in [2.24, 2.45) is 0 Å². The Hall–Kier alpha value is -6.68. The van der Waals surface area contributed by atoms with E-state index >= 15 is 0 Å². The van der Waals surface area contributed by atoms with Gasteiger partial charge in [0.05, 0.1) is 5.69 Å². The predicted octanol–water partition coefficient (Wildman–Crippen LogP) is 15.1. The first-order chi connectivity index (χ1) is 26.3. The lowest BCUT2D eigenvalue weighted by molar-refractivity contribution is 0.673. The van der Waals surface area contributed by atoms with Crippen molar-refractivity contribution in [3.63, 3.8) is 0 Å². The monoisotopic (exact) mass is 693 g/mol. The molecule has 2 heterocycles. The minimum absolute atomic E-state index is 0.879. The number of rotatable bonds is 5. The summed E-state index contributed by atoms with van der Waals surface area (Å²) >= 11 is 1.86. The van der Waals surface area contributed by atoms with Crippen LogP contribution in [0.2, 0.25) is 0 Å². The van der Waals surface area contributed by atoms with E-state index in [9.17, 15) is 0 Å². The summed E-state index contributed by atoms with van der Waals surface area (Å²) in [4.78, 5) is 2.39. The van der Waals surface area contributed by atoms with Gasteiger partial charge in [-0.3, -0.25) is 0 Å². The molecule has 0 spiro atoms. The van der Waals surface area contributed by atoms with Crippen LogP contribution in [0, 0.1) is 0 Å². The zero-order chi connectivity index (χ0) is 34.9. The highest BCUT2D eigenvalue weighted by Gasteiger charge is 2.24. The van der Waals surface area contributed by atoms with E-state index in [0.29, 0.717) is 0 Å². The first-order valence-electron chi connectivity index (χ1n) is 18.0. The van der Waals surface area contributed by atoms with Gasteiger partial charge in [0.2, 0.25) is 0 Å². The summed E-state index contributed by atoms with van der Waals surface area (Å²) in [7, 11) is 0. The third-order valence-electron chi connectivity index (χ3n) is 10.6. The fourth-order valence-corrected chi connectivity index (χ4v) is 9.42. The summed E-state index contributed by atoms with van der Waals surface area (Å²) in [6.45, 7) is 0. The largest absolute Gasteiger partial charge is 0.455 e. The van der Waals surface area contributed by atoms with Gasteiger partial charge >= 0.3 is 0 Å². The van der Waals surface area contributed by atoms with Crippen LogP contribution < -0.4 is 4.90 Å². The zero-order valence-corrected chi connectivity index (χ0v) is 29.5. The van der Waals surface area contributed by atoms with Crippen molar-refractivity contribution in [2.75, 3.05) is 4.90 Å². The number of benzene rings is 9. The second-order valence-corrected chi connectivity index (χ2v) is 14.7. The van der Waals surface area contributed by atoms with Gasteiger partial charge in [-0.1, -0.05) is 140 Å². The van der Waals surface area contributed by atoms with Crippen LogP contribution in [0.1, 0.15) is 0 Å². The summed E-state index contributed by atoms with van der Waals surface area (Å²) in [5.41, 5.74) is 9.77. The van der Waals surface area contributed by atoms with E-state index in [4.69, 9.17) is 4.42 Å². The molecule has 11 rings (SSSR count). The Kier molecular flexibility index (Phi) is 6.76. The summed E-state index contributed by atoms with van der Waals surface area (Å²) in [6.07, 6.45) is 0. The minimum Gasteiger partial charge on any atom is -0.455 e. The molecule has 53 heavy (non-hydrogen) atoms. The highest BCUT2D eigenvalue weighted by atomic mass is 32.1. The molecule has 0 aliphatic rings. The second kappa shape index (κ2) is 11.9. The third-order valence-corrected chi connectivity index (χ3v) is 11.8. The molecule has 248 valence electrons. The highest BCUT2D eigenvalue weighted by molar-refractivity contribution is 7.25. The number of para-hydroxylation sites is 1. The summed E-state index contributed by atoms with van der Waals surface area (Å²) < 4.78 is 9.52. The van der Waals surface area contributed by atoms with Crippen molar-refractivity contribution in [2.45, 2.75) is 0 Å². The Morgan fingerprint density at radius 3 is 1.74 bits per heavy atom. The summed E-state index contributed by atoms with van der Waals surface area (Å²) in [5, 5.41) is 9.67. The molecule has 0 amide bonds. The standard InChI is InChI=1S/C50H31NOS/c1-3-13-33(14-4-1)47-43(29-30-44-49(47)48-41-20-9-7-17-37(41)38-18-8-10-21-42(38)50(48)52-44)51(35-15-5-2-6-16-35)36-26-23-32(24-27-36)34-25-28-40-39-19-11-12-22-45(39)53-46(40)31-34/h1-31H. The number of hydrogen-bond acceptors (Lipinski definition) is 3. The molecule has 3 heteroatoms. The van der Waals surface area contributed by atoms with E-state index in [-0.39, 0.29) is 0 Å². The normalized spacial score (nSPS) is 11.8. The topological polar surface area (TPSA) is 16.4 Å². The maximum atomic E-state index is 6.88. The molecule has 11 aromatic rings. The van der Waals surface area contributed by atoms with Crippen LogP contribution in [0.3, 0.4) is 0 Å². The molecule has 0 saturated carbocycles. The fourth-order valence-electron chi connectivity index (χ4n) is 8.28. The Morgan fingerprint density at radius 1 is 0.377 bits per heavy atom. The van der Waals surface area contributed by atoms with Gasteiger partial charge in [-0.15, -0.1) is 11.3 Å². The second-order valence-electron chi connectivity index (χ2n) is 13.6. The molecule has 0 N–H and O–H groups in total. The molecule has 2 aromatic heterocycles. The van der Waals surface area contributed by atoms with E-state index in [1.807, 2.05) is 11.3 Å². The van der Waals surface area contributed by atoms with E-state index in [0.717, 1.165) is 55.5 Å². The van der Waals surface area contributed by atoms with Crippen molar-refractivity contribution in [1.82, 2.24) is 0 Å². The van der Waals surface area contributed by atoms with Gasteiger partial charge in [0, 0.05) is 53.3 Å². The highest BCUT2D eigenvalue weighted by Crippen LogP contribution is 2.50.